The third-order valence-electron chi connectivity index (χ3n) is 4.09. The van der Waals surface area contributed by atoms with Gasteiger partial charge in [0, 0.05) is 18.1 Å². The number of aromatic nitrogens is 2. The maximum Gasteiger partial charge on any atom is 0.341 e. The third-order valence-corrected chi connectivity index (χ3v) is 5.30. The first-order valence-corrected chi connectivity index (χ1v) is 9.04. The molecule has 0 fully saturated rings. The van der Waals surface area contributed by atoms with Crippen LogP contribution in [0.1, 0.15) is 57.5 Å². The number of carbonyl (C=O) groups is 2. The second-order valence-electron chi connectivity index (χ2n) is 5.85. The summed E-state index contributed by atoms with van der Waals surface area (Å²) in [6.45, 7) is 2.35. The second kappa shape index (κ2) is 7.17. The fourth-order valence-electron chi connectivity index (χ4n) is 2.90. The van der Waals surface area contributed by atoms with E-state index in [0.717, 1.165) is 37.7 Å². The van der Waals surface area contributed by atoms with Crippen LogP contribution in [0, 0.1) is 0 Å². The van der Waals surface area contributed by atoms with Crippen molar-refractivity contribution >= 4 is 28.2 Å². The Kier molecular flexibility index (Phi) is 4.99. The average Bonchev–Trinajstić information content (AvgIpc) is 3.15. The summed E-state index contributed by atoms with van der Waals surface area (Å²) < 4.78 is 6.85. The van der Waals surface area contributed by atoms with Gasteiger partial charge >= 0.3 is 5.97 Å². The van der Waals surface area contributed by atoms with Crippen molar-refractivity contribution in [1.82, 2.24) is 9.78 Å². The van der Waals surface area contributed by atoms with Crippen molar-refractivity contribution in [2.45, 2.75) is 39.0 Å². The van der Waals surface area contributed by atoms with Gasteiger partial charge in [-0.15, -0.1) is 11.3 Å². The summed E-state index contributed by atoms with van der Waals surface area (Å²) in [6.07, 6.45) is 6.35. The third kappa shape index (κ3) is 3.21. The highest BCUT2D eigenvalue weighted by molar-refractivity contribution is 7.17. The standard InChI is InChI=1S/C17H21N3O3S/c1-3-10-23-17(22)14-11-6-4-5-7-13(11)24-16(14)19-15(21)12-8-9-18-20(12)2/h8-9H,3-7,10H2,1-2H3,(H,19,21). The molecule has 0 spiro atoms. The molecule has 3 rings (SSSR count). The molecular weight excluding hydrogens is 326 g/mol. The number of amides is 1. The second-order valence-corrected chi connectivity index (χ2v) is 6.95. The summed E-state index contributed by atoms with van der Waals surface area (Å²) in [5.41, 5.74) is 2.04. The van der Waals surface area contributed by atoms with Gasteiger partial charge in [-0.2, -0.15) is 5.10 Å². The molecule has 2 aromatic heterocycles. The lowest BCUT2D eigenvalue weighted by Crippen LogP contribution is -2.18. The Hall–Kier alpha value is -2.15. The summed E-state index contributed by atoms with van der Waals surface area (Å²) in [5, 5.41) is 7.49. The van der Waals surface area contributed by atoms with Gasteiger partial charge in [-0.05, 0) is 43.7 Å². The van der Waals surface area contributed by atoms with Crippen LogP contribution in [0.5, 0.6) is 0 Å². The molecule has 7 heteroatoms. The quantitative estimate of drug-likeness (QED) is 0.843. The van der Waals surface area contributed by atoms with Gasteiger partial charge in [-0.3, -0.25) is 9.48 Å². The number of ether oxygens (including phenoxy) is 1. The van der Waals surface area contributed by atoms with Crippen LogP contribution >= 0.6 is 11.3 Å². The van der Waals surface area contributed by atoms with E-state index in [-0.39, 0.29) is 11.9 Å². The van der Waals surface area contributed by atoms with Crippen LogP contribution in [0.25, 0.3) is 0 Å². The number of thiophene rings is 1. The van der Waals surface area contributed by atoms with Crippen LogP contribution in [-0.2, 0) is 24.6 Å². The van der Waals surface area contributed by atoms with Crippen molar-refractivity contribution in [3.05, 3.63) is 34.0 Å². The molecule has 0 saturated heterocycles. The van der Waals surface area contributed by atoms with E-state index in [9.17, 15) is 9.59 Å². The van der Waals surface area contributed by atoms with Gasteiger partial charge < -0.3 is 10.1 Å². The van der Waals surface area contributed by atoms with Gasteiger partial charge in [0.2, 0.25) is 0 Å². The first kappa shape index (κ1) is 16.7. The minimum atomic E-state index is -0.337. The summed E-state index contributed by atoms with van der Waals surface area (Å²) in [5.74, 6) is -0.602. The van der Waals surface area contributed by atoms with E-state index < -0.39 is 0 Å². The molecule has 2 heterocycles. The van der Waals surface area contributed by atoms with E-state index in [4.69, 9.17) is 4.74 Å². The summed E-state index contributed by atoms with van der Waals surface area (Å²) in [7, 11) is 1.71. The smallest absolute Gasteiger partial charge is 0.341 e. The van der Waals surface area contributed by atoms with Crippen LogP contribution in [0.2, 0.25) is 0 Å². The summed E-state index contributed by atoms with van der Waals surface area (Å²) in [6, 6.07) is 1.65. The van der Waals surface area contributed by atoms with Crippen molar-refractivity contribution in [2.75, 3.05) is 11.9 Å². The lowest BCUT2D eigenvalue weighted by molar-refractivity contribution is 0.0505. The van der Waals surface area contributed by atoms with Gasteiger partial charge in [0.05, 0.1) is 12.2 Å². The number of anilines is 1. The van der Waals surface area contributed by atoms with Gasteiger partial charge in [0.25, 0.3) is 5.91 Å². The van der Waals surface area contributed by atoms with Crippen molar-refractivity contribution < 1.29 is 14.3 Å². The molecule has 0 saturated carbocycles. The average molecular weight is 347 g/mol. The number of esters is 1. The van der Waals surface area contributed by atoms with Gasteiger partial charge in [-0.25, -0.2) is 4.79 Å². The minimum Gasteiger partial charge on any atom is -0.462 e. The van der Waals surface area contributed by atoms with Gasteiger partial charge in [0.1, 0.15) is 10.7 Å². The van der Waals surface area contributed by atoms with Crippen LogP contribution in [-0.4, -0.2) is 28.3 Å². The van der Waals surface area contributed by atoms with Crippen LogP contribution in [0.15, 0.2) is 12.3 Å². The zero-order chi connectivity index (χ0) is 17.1. The molecule has 0 radical (unpaired) electrons. The van der Waals surface area contributed by atoms with E-state index in [1.807, 2.05) is 6.92 Å². The molecular formula is C17H21N3O3S. The van der Waals surface area contributed by atoms with Gasteiger partial charge in [-0.1, -0.05) is 6.92 Å². The molecule has 6 nitrogen and oxygen atoms in total. The molecule has 1 amide bonds. The van der Waals surface area contributed by atoms with Crippen molar-refractivity contribution in [3.8, 4) is 0 Å². The van der Waals surface area contributed by atoms with Crippen molar-refractivity contribution in [3.63, 3.8) is 0 Å². The monoisotopic (exact) mass is 347 g/mol. The first-order valence-electron chi connectivity index (χ1n) is 8.22. The lowest BCUT2D eigenvalue weighted by Gasteiger charge is -2.12. The Labute approximate surface area is 144 Å². The molecule has 24 heavy (non-hydrogen) atoms. The Balaban J connectivity index is 1.91. The highest BCUT2D eigenvalue weighted by Gasteiger charge is 2.27. The molecule has 1 aliphatic carbocycles. The molecule has 2 aromatic rings. The fourth-order valence-corrected chi connectivity index (χ4v) is 4.17. The minimum absolute atomic E-state index is 0.266. The van der Waals surface area contributed by atoms with Crippen LogP contribution in [0.4, 0.5) is 5.00 Å². The molecule has 128 valence electrons. The maximum atomic E-state index is 12.5. The first-order chi connectivity index (χ1) is 11.6. The van der Waals surface area contributed by atoms with E-state index in [2.05, 4.69) is 10.4 Å². The predicted molar refractivity (Wildman–Crippen MR) is 92.7 cm³/mol. The SMILES string of the molecule is CCCOC(=O)c1c(NC(=O)c2ccnn2C)sc2c1CCCC2. The number of rotatable bonds is 5. The number of nitrogens with one attached hydrogen (secondary N) is 1. The number of hydrogen-bond donors (Lipinski definition) is 1. The lowest BCUT2D eigenvalue weighted by atomic mass is 9.95. The Bertz CT molecular complexity index is 763. The molecule has 1 N–H and O–H groups in total. The van der Waals surface area contributed by atoms with Gasteiger partial charge in [0.15, 0.2) is 0 Å². The highest BCUT2D eigenvalue weighted by atomic mass is 32.1. The molecule has 0 aromatic carbocycles. The van der Waals surface area contributed by atoms with E-state index in [1.165, 1.54) is 20.9 Å². The van der Waals surface area contributed by atoms with Crippen molar-refractivity contribution in [2.24, 2.45) is 7.05 Å². The number of nitrogens with zero attached hydrogens (tertiary/aromatic N) is 2. The molecule has 0 atom stereocenters. The summed E-state index contributed by atoms with van der Waals surface area (Å²) >= 11 is 1.49. The topological polar surface area (TPSA) is 73.2 Å². The Morgan fingerprint density at radius 3 is 2.88 bits per heavy atom. The molecule has 1 aliphatic rings. The zero-order valence-corrected chi connectivity index (χ0v) is 14.7. The Morgan fingerprint density at radius 2 is 2.17 bits per heavy atom. The summed E-state index contributed by atoms with van der Waals surface area (Å²) in [4.78, 5) is 26.2. The number of aryl methyl sites for hydroxylation is 2. The van der Waals surface area contributed by atoms with E-state index in [0.29, 0.717) is 22.9 Å². The van der Waals surface area contributed by atoms with Crippen molar-refractivity contribution in [1.29, 1.82) is 0 Å². The highest BCUT2D eigenvalue weighted by Crippen LogP contribution is 2.38. The number of carbonyl (C=O) groups excluding carboxylic acids is 2. The van der Waals surface area contributed by atoms with E-state index >= 15 is 0 Å². The predicted octanol–water partition coefficient (Wildman–Crippen LogP) is 3.18. The molecule has 0 bridgehead atoms. The fraction of sp³-hybridized carbons (Fsp3) is 0.471. The van der Waals surface area contributed by atoms with Crippen LogP contribution in [0.3, 0.4) is 0 Å². The largest absolute Gasteiger partial charge is 0.462 e. The normalized spacial score (nSPS) is 13.4. The van der Waals surface area contributed by atoms with E-state index in [1.54, 1.807) is 19.3 Å². The molecule has 0 unspecified atom stereocenters. The molecule has 0 aliphatic heterocycles. The van der Waals surface area contributed by atoms with Crippen LogP contribution < -0.4 is 5.32 Å². The Morgan fingerprint density at radius 1 is 1.38 bits per heavy atom. The number of hydrogen-bond acceptors (Lipinski definition) is 5. The maximum absolute atomic E-state index is 12.5. The zero-order valence-electron chi connectivity index (χ0n) is 13.9. The number of fused-ring (bicyclic) bond motifs is 1.